The van der Waals surface area contributed by atoms with Crippen LogP contribution in [0.3, 0.4) is 0 Å². The van der Waals surface area contributed by atoms with Crippen LogP contribution in [0.5, 0.6) is 0 Å². The molecule has 1 aromatic carbocycles. The van der Waals surface area contributed by atoms with E-state index >= 15 is 0 Å². The van der Waals surface area contributed by atoms with Gasteiger partial charge < -0.3 is 21.4 Å². The van der Waals surface area contributed by atoms with E-state index < -0.39 is 0 Å². The van der Waals surface area contributed by atoms with Gasteiger partial charge in [0.2, 0.25) is 0 Å². The van der Waals surface area contributed by atoms with Crippen LogP contribution in [-0.4, -0.2) is 0 Å². The van der Waals surface area contributed by atoms with Gasteiger partial charge in [-0.2, -0.15) is 4.57 Å². The molecular formula is C14H9Br2NO2. The van der Waals surface area contributed by atoms with Crippen LogP contribution in [-0.2, 0) is 0 Å². The number of aromatic nitrogens is 1. The summed E-state index contributed by atoms with van der Waals surface area (Å²) >= 11 is 3.38. The van der Waals surface area contributed by atoms with E-state index in [4.69, 9.17) is 4.42 Å². The Hall–Kier alpha value is -1.46. The lowest BCUT2D eigenvalue weighted by Crippen LogP contribution is -3.00. The Kier molecular flexibility index (Phi) is 4.17. The Morgan fingerprint density at radius 2 is 1.89 bits per heavy atom. The number of halogens is 2. The number of hydrogen-bond donors (Lipinski definition) is 0. The van der Waals surface area contributed by atoms with E-state index in [1.165, 1.54) is 0 Å². The second-order valence-corrected chi connectivity index (χ2v) is 4.80. The highest BCUT2D eigenvalue weighted by Crippen LogP contribution is 2.13. The van der Waals surface area contributed by atoms with Gasteiger partial charge in [-0.1, -0.05) is 18.2 Å². The number of rotatable bonds is 1. The lowest BCUT2D eigenvalue weighted by atomic mass is 10.2. The molecule has 0 radical (unpaired) electrons. The van der Waals surface area contributed by atoms with Crippen LogP contribution in [0, 0.1) is 0 Å². The Labute approximate surface area is 128 Å². The zero-order valence-electron chi connectivity index (χ0n) is 9.72. The number of benzene rings is 1. The standard InChI is InChI=1S/C14H9BrNO2.BrH/c15-11-5-3-7-16(9-11)12-8-10-4-1-2-6-13(10)18-14(12)17;/h1-9H;1H/q+1;/p-1. The third kappa shape index (κ3) is 2.77. The first kappa shape index (κ1) is 14.0. The summed E-state index contributed by atoms with van der Waals surface area (Å²) in [6.07, 6.45) is 3.63. The van der Waals surface area contributed by atoms with E-state index in [2.05, 4.69) is 15.9 Å². The molecule has 0 atom stereocenters. The SMILES string of the molecule is O=c1oc2ccccc2cc1-[n+]1cccc(Br)c1.[Br-]. The van der Waals surface area contributed by atoms with E-state index in [9.17, 15) is 4.79 Å². The molecule has 19 heavy (non-hydrogen) atoms. The van der Waals surface area contributed by atoms with Crippen molar-refractivity contribution in [2.75, 3.05) is 0 Å². The largest absolute Gasteiger partial charge is 1.00 e. The Bertz CT molecular complexity index is 783. The average Bonchev–Trinajstić information content (AvgIpc) is 2.38. The van der Waals surface area contributed by atoms with Crippen LogP contribution in [0.4, 0.5) is 0 Å². The van der Waals surface area contributed by atoms with E-state index in [-0.39, 0.29) is 22.6 Å². The molecular weight excluding hydrogens is 374 g/mol. The first-order valence-corrected chi connectivity index (χ1v) is 6.23. The van der Waals surface area contributed by atoms with Crippen molar-refractivity contribution in [3.63, 3.8) is 0 Å². The molecule has 3 aromatic rings. The first-order valence-electron chi connectivity index (χ1n) is 5.44. The molecule has 3 nitrogen and oxygen atoms in total. The van der Waals surface area contributed by atoms with E-state index in [1.54, 1.807) is 10.6 Å². The second kappa shape index (κ2) is 5.67. The van der Waals surface area contributed by atoms with Gasteiger partial charge in [-0.05, 0) is 28.1 Å². The summed E-state index contributed by atoms with van der Waals surface area (Å²) in [4.78, 5) is 11.9. The van der Waals surface area contributed by atoms with Crippen LogP contribution < -0.4 is 27.2 Å². The monoisotopic (exact) mass is 381 g/mol. The molecule has 0 bridgehead atoms. The molecule has 0 aliphatic carbocycles. The molecule has 2 heterocycles. The summed E-state index contributed by atoms with van der Waals surface area (Å²) in [6.45, 7) is 0. The summed E-state index contributed by atoms with van der Waals surface area (Å²) < 4.78 is 7.93. The quantitative estimate of drug-likeness (QED) is 0.433. The van der Waals surface area contributed by atoms with E-state index in [0.717, 1.165) is 9.86 Å². The van der Waals surface area contributed by atoms with Gasteiger partial charge in [-0.3, -0.25) is 0 Å². The van der Waals surface area contributed by atoms with Crippen molar-refractivity contribution in [1.82, 2.24) is 0 Å². The molecule has 0 saturated carbocycles. The van der Waals surface area contributed by atoms with Crippen LogP contribution in [0.2, 0.25) is 0 Å². The smallest absolute Gasteiger partial charge is 0.409 e. The molecule has 0 spiro atoms. The van der Waals surface area contributed by atoms with Crippen molar-refractivity contribution in [3.05, 3.63) is 69.8 Å². The predicted molar refractivity (Wildman–Crippen MR) is 71.7 cm³/mol. The predicted octanol–water partition coefficient (Wildman–Crippen LogP) is -0.164. The minimum Gasteiger partial charge on any atom is -1.00 e. The number of fused-ring (bicyclic) bond motifs is 1. The van der Waals surface area contributed by atoms with Gasteiger partial charge in [0.25, 0.3) is 5.69 Å². The van der Waals surface area contributed by atoms with Gasteiger partial charge >= 0.3 is 5.63 Å². The molecule has 5 heteroatoms. The van der Waals surface area contributed by atoms with Gasteiger partial charge in [-0.25, -0.2) is 4.79 Å². The molecule has 3 rings (SSSR count). The van der Waals surface area contributed by atoms with Crippen molar-refractivity contribution in [2.24, 2.45) is 0 Å². The Morgan fingerprint density at radius 1 is 1.11 bits per heavy atom. The zero-order valence-corrected chi connectivity index (χ0v) is 12.9. The van der Waals surface area contributed by atoms with E-state index in [1.807, 2.05) is 48.8 Å². The molecule has 0 fully saturated rings. The molecule has 0 amide bonds. The van der Waals surface area contributed by atoms with Gasteiger partial charge in [0.05, 0.1) is 4.47 Å². The van der Waals surface area contributed by atoms with Crippen molar-refractivity contribution in [2.45, 2.75) is 0 Å². The Balaban J connectivity index is 0.00000133. The molecule has 0 unspecified atom stereocenters. The molecule has 96 valence electrons. The maximum absolute atomic E-state index is 11.9. The van der Waals surface area contributed by atoms with Crippen LogP contribution in [0.15, 0.2) is 68.5 Å². The van der Waals surface area contributed by atoms with Crippen molar-refractivity contribution < 1.29 is 26.0 Å². The lowest BCUT2D eigenvalue weighted by molar-refractivity contribution is -0.598. The second-order valence-electron chi connectivity index (χ2n) is 3.89. The molecule has 0 N–H and O–H groups in total. The fourth-order valence-corrected chi connectivity index (χ4v) is 2.20. The van der Waals surface area contributed by atoms with Crippen LogP contribution in [0.25, 0.3) is 16.7 Å². The molecule has 0 aliphatic heterocycles. The average molecular weight is 383 g/mol. The van der Waals surface area contributed by atoms with Crippen LogP contribution in [0.1, 0.15) is 0 Å². The normalized spacial score (nSPS) is 10.2. The minimum absolute atomic E-state index is 0. The summed E-state index contributed by atoms with van der Waals surface area (Å²) in [6, 6.07) is 13.0. The molecule has 2 aromatic heterocycles. The lowest BCUT2D eigenvalue weighted by Gasteiger charge is -1.98. The number of nitrogens with zero attached hydrogens (tertiary/aromatic N) is 1. The summed E-state index contributed by atoms with van der Waals surface area (Å²) in [5, 5.41) is 0.902. The summed E-state index contributed by atoms with van der Waals surface area (Å²) in [5.74, 6) is 0. The van der Waals surface area contributed by atoms with Gasteiger partial charge in [0.15, 0.2) is 12.4 Å². The topological polar surface area (TPSA) is 34.1 Å². The Morgan fingerprint density at radius 3 is 2.68 bits per heavy atom. The van der Waals surface area contributed by atoms with Gasteiger partial charge in [0.1, 0.15) is 5.58 Å². The number of para-hydroxylation sites is 1. The van der Waals surface area contributed by atoms with Gasteiger partial charge in [0, 0.05) is 17.5 Å². The highest BCUT2D eigenvalue weighted by molar-refractivity contribution is 9.10. The third-order valence-corrected chi connectivity index (χ3v) is 3.13. The van der Waals surface area contributed by atoms with Crippen molar-refractivity contribution >= 4 is 26.9 Å². The molecule has 0 aliphatic rings. The summed E-state index contributed by atoms with van der Waals surface area (Å²) in [7, 11) is 0. The fraction of sp³-hybridized carbons (Fsp3) is 0. The molecule has 0 saturated heterocycles. The first-order chi connectivity index (χ1) is 8.74. The van der Waals surface area contributed by atoms with Crippen LogP contribution >= 0.6 is 15.9 Å². The highest BCUT2D eigenvalue weighted by Gasteiger charge is 2.14. The maximum atomic E-state index is 11.9. The summed E-state index contributed by atoms with van der Waals surface area (Å²) in [5.41, 5.74) is 0.744. The highest BCUT2D eigenvalue weighted by atomic mass is 79.9. The fourth-order valence-electron chi connectivity index (χ4n) is 1.83. The van der Waals surface area contributed by atoms with Crippen molar-refractivity contribution in [1.29, 1.82) is 0 Å². The van der Waals surface area contributed by atoms with Gasteiger partial charge in [-0.15, -0.1) is 0 Å². The third-order valence-electron chi connectivity index (χ3n) is 2.67. The zero-order chi connectivity index (χ0) is 12.5. The maximum Gasteiger partial charge on any atom is 0.409 e. The number of hydrogen-bond acceptors (Lipinski definition) is 2. The van der Waals surface area contributed by atoms with E-state index in [0.29, 0.717) is 11.3 Å². The number of pyridine rings is 1. The van der Waals surface area contributed by atoms with Crippen molar-refractivity contribution in [3.8, 4) is 5.69 Å². The minimum atomic E-state index is -0.350.